The zero-order chi connectivity index (χ0) is 10.0. The molecular weight excluding hydrogens is 200 g/mol. The summed E-state index contributed by atoms with van der Waals surface area (Å²) in [6, 6.07) is 1.77. The Kier molecular flexibility index (Phi) is 2.50. The fraction of sp³-hybridized carbons (Fsp3) is 0.556. The predicted octanol–water partition coefficient (Wildman–Crippen LogP) is 1.19. The lowest BCUT2D eigenvalue weighted by Crippen LogP contribution is -2.46. The van der Waals surface area contributed by atoms with Gasteiger partial charge in [-0.15, -0.1) is 0 Å². The average molecular weight is 212 g/mol. The van der Waals surface area contributed by atoms with Crippen molar-refractivity contribution in [1.29, 1.82) is 0 Å². The molecule has 0 radical (unpaired) electrons. The quantitative estimate of drug-likeness (QED) is 0.800. The number of thioether (sulfide) groups is 1. The Balaban J connectivity index is 2.35. The van der Waals surface area contributed by atoms with Crippen molar-refractivity contribution in [2.24, 2.45) is 0 Å². The zero-order valence-electron chi connectivity index (χ0n) is 7.72. The maximum Gasteiger partial charge on any atom is 0.332 e. The molecular formula is C9H12N2O2S. The number of hydrogen-bond acceptors (Lipinski definition) is 3. The number of rotatable bonds is 2. The van der Waals surface area contributed by atoms with Crippen molar-refractivity contribution in [2.45, 2.75) is 18.4 Å². The lowest BCUT2D eigenvalue weighted by Gasteiger charge is -2.32. The predicted molar refractivity (Wildman–Crippen MR) is 54.4 cm³/mol. The summed E-state index contributed by atoms with van der Waals surface area (Å²) in [5, 5.41) is 13.3. The summed E-state index contributed by atoms with van der Waals surface area (Å²) in [5.74, 6) is 0.897. The van der Waals surface area contributed by atoms with Gasteiger partial charge >= 0.3 is 5.97 Å². The largest absolute Gasteiger partial charge is 0.479 e. The molecule has 1 atom stereocenters. The van der Waals surface area contributed by atoms with Crippen molar-refractivity contribution < 1.29 is 9.90 Å². The van der Waals surface area contributed by atoms with E-state index in [0.717, 1.165) is 12.2 Å². The summed E-state index contributed by atoms with van der Waals surface area (Å²) in [4.78, 5) is 11.3. The smallest absolute Gasteiger partial charge is 0.332 e. The molecule has 0 amide bonds. The van der Waals surface area contributed by atoms with Gasteiger partial charge in [-0.2, -0.15) is 16.9 Å². The van der Waals surface area contributed by atoms with Crippen LogP contribution in [0, 0.1) is 0 Å². The van der Waals surface area contributed by atoms with E-state index in [1.54, 1.807) is 34.9 Å². The molecule has 1 fully saturated rings. The average Bonchev–Trinajstić information content (AvgIpc) is 2.72. The van der Waals surface area contributed by atoms with Crippen LogP contribution in [-0.4, -0.2) is 32.4 Å². The van der Waals surface area contributed by atoms with Crippen LogP contribution in [0.4, 0.5) is 0 Å². The molecule has 4 nitrogen and oxygen atoms in total. The van der Waals surface area contributed by atoms with Crippen LogP contribution in [0.5, 0.6) is 0 Å². The molecule has 2 rings (SSSR count). The maximum atomic E-state index is 11.3. The minimum atomic E-state index is -0.813. The van der Waals surface area contributed by atoms with Crippen LogP contribution in [0.25, 0.3) is 0 Å². The Hall–Kier alpha value is -0.970. The molecule has 0 bridgehead atoms. The SMILES string of the molecule is O=C(O)C1(n2cccn2)CCCSC1. The minimum Gasteiger partial charge on any atom is -0.479 e. The topological polar surface area (TPSA) is 55.1 Å². The molecule has 0 saturated carbocycles. The molecule has 0 aromatic carbocycles. The zero-order valence-corrected chi connectivity index (χ0v) is 8.54. The Morgan fingerprint density at radius 2 is 2.50 bits per heavy atom. The van der Waals surface area contributed by atoms with Gasteiger partial charge in [0.25, 0.3) is 0 Å². The molecule has 14 heavy (non-hydrogen) atoms. The van der Waals surface area contributed by atoms with E-state index in [9.17, 15) is 9.90 Å². The summed E-state index contributed by atoms with van der Waals surface area (Å²) < 4.78 is 1.58. The van der Waals surface area contributed by atoms with Crippen LogP contribution >= 0.6 is 11.8 Å². The molecule has 1 aromatic rings. The van der Waals surface area contributed by atoms with Crippen LogP contribution in [0.3, 0.4) is 0 Å². The first-order valence-electron chi connectivity index (χ1n) is 4.57. The van der Waals surface area contributed by atoms with Crippen LogP contribution in [-0.2, 0) is 10.3 Å². The van der Waals surface area contributed by atoms with E-state index < -0.39 is 11.5 Å². The highest BCUT2D eigenvalue weighted by Crippen LogP contribution is 2.32. The highest BCUT2D eigenvalue weighted by atomic mass is 32.2. The van der Waals surface area contributed by atoms with Crippen LogP contribution in [0.15, 0.2) is 18.5 Å². The number of nitrogens with zero attached hydrogens (tertiary/aromatic N) is 2. The summed E-state index contributed by atoms with van der Waals surface area (Å²) in [6.07, 6.45) is 4.98. The first-order chi connectivity index (χ1) is 6.76. The van der Waals surface area contributed by atoms with Crippen molar-refractivity contribution in [2.75, 3.05) is 11.5 Å². The third-order valence-corrected chi connectivity index (χ3v) is 3.82. The van der Waals surface area contributed by atoms with Gasteiger partial charge in [0.2, 0.25) is 0 Å². The van der Waals surface area contributed by atoms with Crippen molar-refractivity contribution in [3.63, 3.8) is 0 Å². The van der Waals surface area contributed by atoms with Gasteiger partial charge in [0.05, 0.1) is 0 Å². The van der Waals surface area contributed by atoms with Crippen LogP contribution < -0.4 is 0 Å². The summed E-state index contributed by atoms with van der Waals surface area (Å²) in [6.45, 7) is 0. The first-order valence-corrected chi connectivity index (χ1v) is 5.72. The molecule has 76 valence electrons. The molecule has 1 saturated heterocycles. The monoisotopic (exact) mass is 212 g/mol. The normalized spacial score (nSPS) is 27.4. The Bertz CT molecular complexity index is 318. The summed E-state index contributed by atoms with van der Waals surface area (Å²) in [7, 11) is 0. The van der Waals surface area contributed by atoms with E-state index in [4.69, 9.17) is 0 Å². The maximum absolute atomic E-state index is 11.3. The van der Waals surface area contributed by atoms with Crippen molar-refractivity contribution in [3.8, 4) is 0 Å². The van der Waals surface area contributed by atoms with E-state index in [2.05, 4.69) is 5.10 Å². The number of hydrogen-bond donors (Lipinski definition) is 1. The summed E-state index contributed by atoms with van der Waals surface area (Å²) >= 11 is 1.69. The molecule has 1 aromatic heterocycles. The molecule has 1 aliphatic rings. The molecule has 2 heterocycles. The first kappa shape index (κ1) is 9.58. The van der Waals surface area contributed by atoms with Crippen molar-refractivity contribution in [1.82, 2.24) is 9.78 Å². The second kappa shape index (κ2) is 3.65. The van der Waals surface area contributed by atoms with E-state index in [1.807, 2.05) is 0 Å². The Morgan fingerprint density at radius 3 is 3.00 bits per heavy atom. The van der Waals surface area contributed by atoms with E-state index in [-0.39, 0.29) is 0 Å². The van der Waals surface area contributed by atoms with Gasteiger partial charge in [-0.3, -0.25) is 4.68 Å². The van der Waals surface area contributed by atoms with Gasteiger partial charge in [-0.1, -0.05) is 0 Å². The van der Waals surface area contributed by atoms with E-state index in [1.165, 1.54) is 0 Å². The number of carboxylic acid groups (broad SMARTS) is 1. The number of carboxylic acids is 1. The number of aromatic nitrogens is 2. The minimum absolute atomic E-state index is 0.615. The van der Waals surface area contributed by atoms with Crippen LogP contribution in [0.2, 0.25) is 0 Å². The lowest BCUT2D eigenvalue weighted by atomic mass is 9.96. The van der Waals surface area contributed by atoms with E-state index in [0.29, 0.717) is 12.2 Å². The number of aliphatic carboxylic acids is 1. The standard InChI is InChI=1S/C9H12N2O2S/c12-8(13)9(3-1-6-14-7-9)11-5-2-4-10-11/h2,4-5H,1,3,6-7H2,(H,12,13). The second-order valence-electron chi connectivity index (χ2n) is 3.44. The van der Waals surface area contributed by atoms with Gasteiger partial charge in [0.15, 0.2) is 5.54 Å². The fourth-order valence-electron chi connectivity index (χ4n) is 1.75. The highest BCUT2D eigenvalue weighted by molar-refractivity contribution is 7.99. The molecule has 0 spiro atoms. The molecule has 5 heteroatoms. The Labute approximate surface area is 86.3 Å². The van der Waals surface area contributed by atoms with Gasteiger partial charge < -0.3 is 5.11 Å². The molecule has 0 aliphatic carbocycles. The fourth-order valence-corrected chi connectivity index (χ4v) is 2.98. The second-order valence-corrected chi connectivity index (χ2v) is 4.55. The Morgan fingerprint density at radius 1 is 1.64 bits per heavy atom. The lowest BCUT2D eigenvalue weighted by molar-refractivity contribution is -0.147. The van der Waals surface area contributed by atoms with E-state index >= 15 is 0 Å². The van der Waals surface area contributed by atoms with Gasteiger partial charge in [0, 0.05) is 18.1 Å². The van der Waals surface area contributed by atoms with Gasteiger partial charge in [-0.05, 0) is 24.7 Å². The molecule has 1 aliphatic heterocycles. The molecule has 1 N–H and O–H groups in total. The third-order valence-electron chi connectivity index (χ3n) is 2.56. The van der Waals surface area contributed by atoms with Gasteiger partial charge in [0.1, 0.15) is 0 Å². The third kappa shape index (κ3) is 1.41. The molecule has 1 unspecified atom stereocenters. The van der Waals surface area contributed by atoms with Gasteiger partial charge in [-0.25, -0.2) is 4.79 Å². The highest BCUT2D eigenvalue weighted by Gasteiger charge is 2.42. The van der Waals surface area contributed by atoms with Crippen molar-refractivity contribution in [3.05, 3.63) is 18.5 Å². The van der Waals surface area contributed by atoms with Crippen LogP contribution in [0.1, 0.15) is 12.8 Å². The van der Waals surface area contributed by atoms with Crippen molar-refractivity contribution >= 4 is 17.7 Å². The summed E-state index contributed by atoms with van der Waals surface area (Å²) in [5.41, 5.74) is -0.813. The number of carbonyl (C=O) groups is 1.